The molecule has 90 valence electrons. The molecule has 0 bridgehead atoms. The topological polar surface area (TPSA) is 52.5 Å². The number of hydrogen-bond donors (Lipinski definition) is 1. The van der Waals surface area contributed by atoms with Crippen molar-refractivity contribution in [1.82, 2.24) is 14.8 Å². The van der Waals surface area contributed by atoms with Crippen LogP contribution in [-0.4, -0.2) is 48.0 Å². The molecule has 2 heterocycles. The molecule has 0 aromatic carbocycles. The van der Waals surface area contributed by atoms with Gasteiger partial charge >= 0.3 is 5.76 Å². The molecule has 1 saturated heterocycles. The third kappa shape index (κ3) is 2.54. The van der Waals surface area contributed by atoms with Gasteiger partial charge in [-0.05, 0) is 7.05 Å². The molecular formula is C11H19N3O2. The number of aromatic amines is 1. The Kier molecular flexibility index (Phi) is 3.46. The van der Waals surface area contributed by atoms with Crippen molar-refractivity contribution < 1.29 is 4.42 Å². The van der Waals surface area contributed by atoms with Crippen LogP contribution in [0.1, 0.15) is 18.4 Å². The van der Waals surface area contributed by atoms with Gasteiger partial charge in [0.05, 0.1) is 5.69 Å². The molecule has 1 aliphatic rings. The van der Waals surface area contributed by atoms with E-state index in [9.17, 15) is 4.79 Å². The van der Waals surface area contributed by atoms with Crippen molar-refractivity contribution in [3.8, 4) is 0 Å². The predicted octanol–water partition coefficient (Wildman–Crippen LogP) is 0.278. The Morgan fingerprint density at radius 2 is 2.00 bits per heavy atom. The Bertz CT molecular complexity index is 388. The molecule has 1 aromatic rings. The number of aryl methyl sites for hydroxylation is 1. The first kappa shape index (κ1) is 11.4. The second-order valence-corrected chi connectivity index (χ2v) is 4.35. The van der Waals surface area contributed by atoms with Crippen molar-refractivity contribution in [3.63, 3.8) is 0 Å². The van der Waals surface area contributed by atoms with E-state index in [-0.39, 0.29) is 5.76 Å². The fourth-order valence-corrected chi connectivity index (χ4v) is 2.03. The van der Waals surface area contributed by atoms with Gasteiger partial charge in [0, 0.05) is 39.1 Å². The van der Waals surface area contributed by atoms with Crippen molar-refractivity contribution >= 4 is 0 Å². The number of aromatic nitrogens is 1. The van der Waals surface area contributed by atoms with Crippen molar-refractivity contribution in [2.75, 3.05) is 33.2 Å². The SMILES string of the molecule is CCc1oc(=O)[nH]c1CN1CCN(C)CC1. The van der Waals surface area contributed by atoms with E-state index in [0.29, 0.717) is 0 Å². The van der Waals surface area contributed by atoms with E-state index < -0.39 is 0 Å². The van der Waals surface area contributed by atoms with Gasteiger partial charge in [-0.25, -0.2) is 4.79 Å². The van der Waals surface area contributed by atoms with Gasteiger partial charge in [-0.3, -0.25) is 9.88 Å². The zero-order chi connectivity index (χ0) is 11.5. The second kappa shape index (κ2) is 4.84. The lowest BCUT2D eigenvalue weighted by Gasteiger charge is -2.31. The van der Waals surface area contributed by atoms with Crippen LogP contribution in [-0.2, 0) is 13.0 Å². The Balaban J connectivity index is 2.00. The van der Waals surface area contributed by atoms with Crippen molar-refractivity contribution in [2.24, 2.45) is 0 Å². The van der Waals surface area contributed by atoms with E-state index in [0.717, 1.165) is 50.6 Å². The molecule has 0 atom stereocenters. The van der Waals surface area contributed by atoms with E-state index in [1.165, 1.54) is 0 Å². The molecule has 5 nitrogen and oxygen atoms in total. The maximum absolute atomic E-state index is 11.1. The molecule has 0 spiro atoms. The maximum Gasteiger partial charge on any atom is 0.416 e. The molecule has 0 radical (unpaired) electrons. The lowest BCUT2D eigenvalue weighted by atomic mass is 10.2. The molecule has 2 rings (SSSR count). The number of H-pyrrole nitrogens is 1. The highest BCUT2D eigenvalue weighted by molar-refractivity contribution is 5.07. The van der Waals surface area contributed by atoms with Crippen LogP contribution in [0.15, 0.2) is 9.21 Å². The van der Waals surface area contributed by atoms with E-state index in [4.69, 9.17) is 4.42 Å². The summed E-state index contributed by atoms with van der Waals surface area (Å²) in [7, 11) is 2.13. The fraction of sp³-hybridized carbons (Fsp3) is 0.727. The van der Waals surface area contributed by atoms with Gasteiger partial charge in [-0.1, -0.05) is 6.92 Å². The summed E-state index contributed by atoms with van der Waals surface area (Å²) in [6.07, 6.45) is 0.766. The Hall–Kier alpha value is -1.07. The Labute approximate surface area is 95.0 Å². The van der Waals surface area contributed by atoms with Gasteiger partial charge in [0.25, 0.3) is 0 Å². The zero-order valence-electron chi connectivity index (χ0n) is 9.95. The molecule has 1 aliphatic heterocycles. The number of likely N-dealkylation sites (N-methyl/N-ethyl adjacent to an activating group) is 1. The van der Waals surface area contributed by atoms with E-state index in [2.05, 4.69) is 21.8 Å². The van der Waals surface area contributed by atoms with E-state index in [1.807, 2.05) is 6.92 Å². The highest BCUT2D eigenvalue weighted by Gasteiger charge is 2.17. The largest absolute Gasteiger partial charge is 0.416 e. The Morgan fingerprint density at radius 3 is 2.62 bits per heavy atom. The number of hydrogen-bond acceptors (Lipinski definition) is 4. The number of oxazole rings is 1. The van der Waals surface area contributed by atoms with E-state index in [1.54, 1.807) is 0 Å². The first-order chi connectivity index (χ1) is 7.69. The molecule has 0 unspecified atom stereocenters. The van der Waals surface area contributed by atoms with Crippen molar-refractivity contribution in [2.45, 2.75) is 19.9 Å². The van der Waals surface area contributed by atoms with Gasteiger partial charge in [-0.2, -0.15) is 0 Å². The molecule has 16 heavy (non-hydrogen) atoms. The van der Waals surface area contributed by atoms with Gasteiger partial charge in [0.1, 0.15) is 5.76 Å². The third-order valence-corrected chi connectivity index (χ3v) is 3.10. The van der Waals surface area contributed by atoms with Crippen LogP contribution < -0.4 is 5.76 Å². The second-order valence-electron chi connectivity index (χ2n) is 4.35. The standard InChI is InChI=1S/C11H19N3O2/c1-3-10-9(12-11(15)16-10)8-14-6-4-13(2)5-7-14/h3-8H2,1-2H3,(H,12,15). The predicted molar refractivity (Wildman–Crippen MR) is 61.5 cm³/mol. The molecule has 0 saturated carbocycles. The summed E-state index contributed by atoms with van der Waals surface area (Å²) in [5.41, 5.74) is 0.942. The lowest BCUT2D eigenvalue weighted by Crippen LogP contribution is -2.44. The van der Waals surface area contributed by atoms with Crippen molar-refractivity contribution in [1.29, 1.82) is 0 Å². The molecule has 0 aliphatic carbocycles. The molecule has 0 amide bonds. The highest BCUT2D eigenvalue weighted by Crippen LogP contribution is 2.09. The molecule has 5 heteroatoms. The minimum Gasteiger partial charge on any atom is -0.413 e. The average Bonchev–Trinajstić information content (AvgIpc) is 2.62. The third-order valence-electron chi connectivity index (χ3n) is 3.10. The summed E-state index contributed by atoms with van der Waals surface area (Å²) >= 11 is 0. The zero-order valence-corrected chi connectivity index (χ0v) is 9.95. The summed E-state index contributed by atoms with van der Waals surface area (Å²) in [5, 5.41) is 0. The van der Waals surface area contributed by atoms with Crippen molar-refractivity contribution in [3.05, 3.63) is 22.0 Å². The molecule has 1 aromatic heterocycles. The summed E-state index contributed by atoms with van der Waals surface area (Å²) in [6.45, 7) is 7.06. The number of nitrogens with zero attached hydrogens (tertiary/aromatic N) is 2. The smallest absolute Gasteiger partial charge is 0.413 e. The highest BCUT2D eigenvalue weighted by atomic mass is 16.4. The summed E-state index contributed by atoms with van der Waals surface area (Å²) in [4.78, 5) is 18.6. The first-order valence-electron chi connectivity index (χ1n) is 5.80. The monoisotopic (exact) mass is 225 g/mol. The summed E-state index contributed by atoms with van der Waals surface area (Å²) in [6, 6.07) is 0. The van der Waals surface area contributed by atoms with E-state index >= 15 is 0 Å². The van der Waals surface area contributed by atoms with Crippen LogP contribution in [0.2, 0.25) is 0 Å². The quantitative estimate of drug-likeness (QED) is 0.802. The van der Waals surface area contributed by atoms with Crippen LogP contribution >= 0.6 is 0 Å². The normalized spacial score (nSPS) is 19.1. The average molecular weight is 225 g/mol. The molecular weight excluding hydrogens is 206 g/mol. The van der Waals surface area contributed by atoms with Crippen LogP contribution in [0.4, 0.5) is 0 Å². The minimum atomic E-state index is -0.332. The number of nitrogens with one attached hydrogen (secondary N) is 1. The van der Waals surface area contributed by atoms with Crippen LogP contribution in [0.3, 0.4) is 0 Å². The van der Waals surface area contributed by atoms with Crippen LogP contribution in [0.25, 0.3) is 0 Å². The van der Waals surface area contributed by atoms with Crippen LogP contribution in [0.5, 0.6) is 0 Å². The van der Waals surface area contributed by atoms with Crippen LogP contribution in [0, 0.1) is 0 Å². The molecule has 1 N–H and O–H groups in total. The summed E-state index contributed by atoms with van der Waals surface area (Å²) < 4.78 is 5.08. The van der Waals surface area contributed by atoms with Gasteiger partial charge in [-0.15, -0.1) is 0 Å². The minimum absolute atomic E-state index is 0.332. The maximum atomic E-state index is 11.1. The number of piperazine rings is 1. The molecule has 1 fully saturated rings. The summed E-state index contributed by atoms with van der Waals surface area (Å²) in [5.74, 6) is 0.463. The van der Waals surface area contributed by atoms with Gasteiger partial charge < -0.3 is 9.32 Å². The number of rotatable bonds is 3. The first-order valence-corrected chi connectivity index (χ1v) is 5.80. The van der Waals surface area contributed by atoms with Gasteiger partial charge in [0.15, 0.2) is 0 Å². The van der Waals surface area contributed by atoms with Gasteiger partial charge in [0.2, 0.25) is 0 Å². The Morgan fingerprint density at radius 1 is 1.31 bits per heavy atom. The lowest BCUT2D eigenvalue weighted by molar-refractivity contribution is 0.146. The fourth-order valence-electron chi connectivity index (χ4n) is 2.03.